The van der Waals surface area contributed by atoms with Gasteiger partial charge >= 0.3 is 6.01 Å². The molecule has 12 heteroatoms. The minimum absolute atomic E-state index is 0.128. The zero-order chi connectivity index (χ0) is 26.3. The van der Waals surface area contributed by atoms with Gasteiger partial charge < -0.3 is 19.6 Å². The predicted molar refractivity (Wildman–Crippen MR) is 134 cm³/mol. The van der Waals surface area contributed by atoms with E-state index in [-0.39, 0.29) is 39.0 Å². The second kappa shape index (κ2) is 9.66. The summed E-state index contributed by atoms with van der Waals surface area (Å²) in [5.74, 6) is -1.77. The lowest BCUT2D eigenvalue weighted by molar-refractivity contribution is -0.126. The fraction of sp³-hybridized carbons (Fsp3) is 0.200. The van der Waals surface area contributed by atoms with Crippen molar-refractivity contribution in [1.82, 2.24) is 24.6 Å². The molecule has 2 aromatic heterocycles. The normalized spacial score (nSPS) is 13.7. The highest BCUT2D eigenvalue weighted by Gasteiger charge is 2.27. The molecule has 2 aromatic carbocycles. The number of nitrogens with zero attached hydrogens (tertiary/aromatic N) is 6. The first-order chi connectivity index (χ1) is 17.8. The van der Waals surface area contributed by atoms with Crippen LogP contribution in [-0.4, -0.2) is 61.8 Å². The second-order valence-electron chi connectivity index (χ2n) is 8.38. The van der Waals surface area contributed by atoms with E-state index in [0.29, 0.717) is 37.7 Å². The van der Waals surface area contributed by atoms with E-state index in [1.54, 1.807) is 18.1 Å². The lowest BCUT2D eigenvalue weighted by atomic mass is 10.0. The minimum Gasteiger partial charge on any atom is -0.507 e. The number of fused-ring (bicyclic) bond motifs is 1. The van der Waals surface area contributed by atoms with Gasteiger partial charge in [0.25, 0.3) is 0 Å². The second-order valence-corrected chi connectivity index (χ2v) is 8.78. The maximum atomic E-state index is 16.1. The number of piperazine rings is 1. The van der Waals surface area contributed by atoms with Gasteiger partial charge in [0.05, 0.1) is 23.0 Å². The van der Waals surface area contributed by atoms with Gasteiger partial charge in [-0.3, -0.25) is 9.48 Å². The molecule has 5 rings (SSSR count). The van der Waals surface area contributed by atoms with Crippen LogP contribution in [-0.2, 0) is 11.8 Å². The molecule has 9 nitrogen and oxygen atoms in total. The summed E-state index contributed by atoms with van der Waals surface area (Å²) in [7, 11) is 1.71. The van der Waals surface area contributed by atoms with Crippen LogP contribution in [0.1, 0.15) is 0 Å². The van der Waals surface area contributed by atoms with Gasteiger partial charge in [0, 0.05) is 44.2 Å². The van der Waals surface area contributed by atoms with Gasteiger partial charge in [-0.15, -0.1) is 0 Å². The number of hydrogen-bond acceptors (Lipinski definition) is 7. The zero-order valence-electron chi connectivity index (χ0n) is 19.7. The van der Waals surface area contributed by atoms with Crippen molar-refractivity contribution < 1.29 is 23.4 Å². The van der Waals surface area contributed by atoms with Gasteiger partial charge in [-0.05, 0) is 24.3 Å². The third kappa shape index (κ3) is 4.53. The molecule has 1 saturated heterocycles. The number of rotatable bonds is 5. The topological polar surface area (TPSA) is 96.6 Å². The first-order valence-corrected chi connectivity index (χ1v) is 11.6. The molecule has 1 fully saturated rings. The maximum Gasteiger partial charge on any atom is 0.324 e. The Labute approximate surface area is 215 Å². The quantitative estimate of drug-likeness (QED) is 0.387. The molecule has 1 aliphatic heterocycles. The number of aromatic hydroxyl groups is 1. The van der Waals surface area contributed by atoms with E-state index < -0.39 is 17.4 Å². The van der Waals surface area contributed by atoms with Crippen molar-refractivity contribution in [3.8, 4) is 28.6 Å². The van der Waals surface area contributed by atoms with Crippen LogP contribution in [0.15, 0.2) is 49.3 Å². The highest BCUT2D eigenvalue weighted by molar-refractivity contribution is 6.34. The largest absolute Gasteiger partial charge is 0.507 e. The molecule has 0 spiro atoms. The molecule has 0 unspecified atom stereocenters. The van der Waals surface area contributed by atoms with Crippen molar-refractivity contribution in [3.05, 3.63) is 66.0 Å². The first-order valence-electron chi connectivity index (χ1n) is 11.3. The van der Waals surface area contributed by atoms with Gasteiger partial charge in [-0.25, -0.2) is 8.78 Å². The fourth-order valence-corrected chi connectivity index (χ4v) is 4.55. The molecule has 1 N–H and O–H groups in total. The number of benzene rings is 2. The number of phenols is 1. The Morgan fingerprint density at radius 1 is 1.19 bits per heavy atom. The molecule has 1 aliphatic rings. The van der Waals surface area contributed by atoms with Crippen LogP contribution in [0.4, 0.5) is 14.6 Å². The lowest BCUT2D eigenvalue weighted by Gasteiger charge is -2.35. The number of halogens is 3. The molecule has 0 saturated carbocycles. The molecular weight excluding hydrogens is 506 g/mol. The smallest absolute Gasteiger partial charge is 0.324 e. The third-order valence-electron chi connectivity index (χ3n) is 6.04. The van der Waals surface area contributed by atoms with Crippen molar-refractivity contribution in [3.63, 3.8) is 0 Å². The average Bonchev–Trinajstić information content (AvgIpc) is 3.29. The van der Waals surface area contributed by atoms with Gasteiger partial charge in [-0.2, -0.15) is 15.1 Å². The van der Waals surface area contributed by atoms with Gasteiger partial charge in [0.1, 0.15) is 22.9 Å². The summed E-state index contributed by atoms with van der Waals surface area (Å²) in [6.45, 7) is 5.11. The molecule has 37 heavy (non-hydrogen) atoms. The van der Waals surface area contributed by atoms with Crippen molar-refractivity contribution in [2.24, 2.45) is 7.05 Å². The summed E-state index contributed by atoms with van der Waals surface area (Å²) in [4.78, 5) is 24.3. The summed E-state index contributed by atoms with van der Waals surface area (Å²) in [6.07, 6.45) is 4.30. The standard InChI is InChI=1S/C25H21ClF2N6O3/c1-3-19(36)33-7-9-34(10-8-33)24-15-11-16(26)20(21-17(27)5-4-6-18(21)35)22(28)23(15)30-25(31-24)37-14-12-29-32(2)13-14/h3-6,11-13,35H,1,7-10H2,2H3. The molecule has 4 aromatic rings. The Morgan fingerprint density at radius 2 is 1.95 bits per heavy atom. The molecule has 0 atom stereocenters. The maximum absolute atomic E-state index is 16.1. The van der Waals surface area contributed by atoms with Gasteiger partial charge in [0.2, 0.25) is 5.91 Å². The monoisotopic (exact) mass is 526 g/mol. The van der Waals surface area contributed by atoms with Crippen LogP contribution in [0.25, 0.3) is 22.0 Å². The fourth-order valence-electron chi connectivity index (χ4n) is 4.26. The molecular formula is C25H21ClF2N6O3. The zero-order valence-corrected chi connectivity index (χ0v) is 20.4. The van der Waals surface area contributed by atoms with Crippen LogP contribution in [0.2, 0.25) is 5.02 Å². The average molecular weight is 527 g/mol. The van der Waals surface area contributed by atoms with Crippen molar-refractivity contribution in [2.45, 2.75) is 0 Å². The lowest BCUT2D eigenvalue weighted by Crippen LogP contribution is -2.48. The Balaban J connectivity index is 1.67. The molecule has 0 bridgehead atoms. The van der Waals surface area contributed by atoms with Crippen molar-refractivity contribution in [2.75, 3.05) is 31.1 Å². The van der Waals surface area contributed by atoms with E-state index in [1.165, 1.54) is 35.2 Å². The minimum atomic E-state index is -0.942. The Bertz CT molecular complexity index is 1510. The molecule has 1 amide bonds. The number of aromatic nitrogens is 4. The molecule has 0 aliphatic carbocycles. The Hall–Kier alpha value is -4.25. The van der Waals surface area contributed by atoms with E-state index >= 15 is 4.39 Å². The highest BCUT2D eigenvalue weighted by atomic mass is 35.5. The van der Waals surface area contributed by atoms with Crippen molar-refractivity contribution in [1.29, 1.82) is 0 Å². The summed E-state index contributed by atoms with van der Waals surface area (Å²) >= 11 is 6.46. The number of anilines is 1. The predicted octanol–water partition coefficient (Wildman–Crippen LogP) is 4.29. The number of phenolic OH excluding ortho intramolecular Hbond substituents is 1. The van der Waals surface area contributed by atoms with Crippen LogP contribution in [0.3, 0.4) is 0 Å². The summed E-state index contributed by atoms with van der Waals surface area (Å²) < 4.78 is 38.0. The third-order valence-corrected chi connectivity index (χ3v) is 6.34. The first kappa shape index (κ1) is 24.4. The van der Waals surface area contributed by atoms with E-state index in [4.69, 9.17) is 16.3 Å². The van der Waals surface area contributed by atoms with Crippen molar-refractivity contribution >= 4 is 34.2 Å². The molecule has 3 heterocycles. The Morgan fingerprint density at radius 3 is 2.59 bits per heavy atom. The number of ether oxygens (including phenoxy) is 1. The SMILES string of the molecule is C=CC(=O)N1CCN(c2nc(Oc3cnn(C)c3)nc3c(F)c(-c4c(O)cccc4F)c(Cl)cc23)CC1. The van der Waals surface area contributed by atoms with Crippen LogP contribution < -0.4 is 9.64 Å². The van der Waals surface area contributed by atoms with E-state index in [1.807, 2.05) is 4.90 Å². The number of hydrogen-bond donors (Lipinski definition) is 1. The van der Waals surface area contributed by atoms with Crippen LogP contribution in [0.5, 0.6) is 17.5 Å². The molecule has 0 radical (unpaired) electrons. The molecule has 190 valence electrons. The summed E-state index contributed by atoms with van der Waals surface area (Å²) in [5, 5.41) is 14.5. The van der Waals surface area contributed by atoms with E-state index in [2.05, 4.69) is 21.6 Å². The highest BCUT2D eigenvalue weighted by Crippen LogP contribution is 2.43. The van der Waals surface area contributed by atoms with Gasteiger partial charge in [0.15, 0.2) is 11.6 Å². The van der Waals surface area contributed by atoms with E-state index in [0.717, 1.165) is 6.07 Å². The number of amides is 1. The van der Waals surface area contributed by atoms with Gasteiger partial charge in [-0.1, -0.05) is 24.2 Å². The summed E-state index contributed by atoms with van der Waals surface area (Å²) in [5.41, 5.74) is -0.878. The summed E-state index contributed by atoms with van der Waals surface area (Å²) in [6, 6.07) is 4.92. The van der Waals surface area contributed by atoms with E-state index in [9.17, 15) is 14.3 Å². The van der Waals surface area contributed by atoms with Crippen LogP contribution in [0, 0.1) is 11.6 Å². The number of carbonyl (C=O) groups excluding carboxylic acids is 1. The Kier molecular flexibility index (Phi) is 6.38. The number of carbonyl (C=O) groups is 1. The number of aryl methyl sites for hydroxylation is 1. The van der Waals surface area contributed by atoms with Crippen LogP contribution >= 0.6 is 11.6 Å².